The molecule has 0 aromatic rings. The average Bonchev–Trinajstić information content (AvgIpc) is 1.79. The summed E-state index contributed by atoms with van der Waals surface area (Å²) in [6.45, 7) is 0. The van der Waals surface area contributed by atoms with Crippen LogP contribution < -0.4 is 0 Å². The lowest BCUT2D eigenvalue weighted by Gasteiger charge is -2.35. The maximum absolute atomic E-state index is 11.9. The van der Waals surface area contributed by atoms with Gasteiger partial charge in [-0.15, -0.1) is 0 Å². The SMILES string of the molecule is F[C@H]1[C@@H](F)O[C@@H]1C(F)(F)F. The zero-order valence-electron chi connectivity index (χ0n) is 4.53. The topological polar surface area (TPSA) is 9.23 Å². The molecule has 0 radical (unpaired) electrons. The third-order valence-electron chi connectivity index (χ3n) is 1.14. The summed E-state index contributed by atoms with van der Waals surface area (Å²) in [4.78, 5) is 0. The molecule has 0 aromatic carbocycles. The molecule has 1 saturated heterocycles. The molecule has 1 rings (SSSR count). The molecule has 0 saturated carbocycles. The lowest BCUT2D eigenvalue weighted by atomic mass is 10.1. The van der Waals surface area contributed by atoms with Crippen LogP contribution >= 0.6 is 0 Å². The number of alkyl halides is 5. The molecule has 10 heavy (non-hydrogen) atoms. The van der Waals surface area contributed by atoms with Crippen LogP contribution in [0.4, 0.5) is 22.0 Å². The predicted molar refractivity (Wildman–Crippen MR) is 20.7 cm³/mol. The Morgan fingerprint density at radius 2 is 1.60 bits per heavy atom. The van der Waals surface area contributed by atoms with E-state index in [9.17, 15) is 22.0 Å². The maximum atomic E-state index is 11.9. The maximum Gasteiger partial charge on any atom is 0.417 e. The van der Waals surface area contributed by atoms with E-state index in [2.05, 4.69) is 4.74 Å². The summed E-state index contributed by atoms with van der Waals surface area (Å²) in [6, 6.07) is 0. The van der Waals surface area contributed by atoms with Gasteiger partial charge in [0.25, 0.3) is 0 Å². The summed E-state index contributed by atoms with van der Waals surface area (Å²) in [7, 11) is 0. The largest absolute Gasteiger partial charge is 0.417 e. The Kier molecular flexibility index (Phi) is 1.58. The molecular formula is C4H3F5O. The van der Waals surface area contributed by atoms with Crippen molar-refractivity contribution >= 4 is 0 Å². The molecule has 0 aromatic heterocycles. The van der Waals surface area contributed by atoms with E-state index in [0.717, 1.165) is 0 Å². The normalized spacial score (nSPS) is 41.1. The monoisotopic (exact) mass is 162 g/mol. The van der Waals surface area contributed by atoms with Crippen LogP contribution in [-0.4, -0.2) is 24.8 Å². The summed E-state index contributed by atoms with van der Waals surface area (Å²) in [6.07, 6.45) is -12.3. The standard InChI is InChI=1S/C4H3F5O/c5-1-2(4(7,8)9)10-3(1)6/h1-3H/t1-,2+,3+/m1/s1. The van der Waals surface area contributed by atoms with Crippen LogP contribution in [0.2, 0.25) is 0 Å². The molecule has 0 bridgehead atoms. The Morgan fingerprint density at radius 3 is 1.70 bits per heavy atom. The summed E-state index contributed by atoms with van der Waals surface area (Å²) in [5.74, 6) is 0. The second-order valence-corrected chi connectivity index (χ2v) is 1.89. The Hall–Kier alpha value is -0.390. The molecule has 0 spiro atoms. The fraction of sp³-hybridized carbons (Fsp3) is 1.00. The van der Waals surface area contributed by atoms with Crippen molar-refractivity contribution in [3.05, 3.63) is 0 Å². The van der Waals surface area contributed by atoms with Crippen molar-refractivity contribution in [1.29, 1.82) is 0 Å². The quantitative estimate of drug-likeness (QED) is 0.491. The highest BCUT2D eigenvalue weighted by atomic mass is 19.4. The van der Waals surface area contributed by atoms with Crippen molar-refractivity contribution < 1.29 is 26.7 Å². The molecule has 1 heterocycles. The third kappa shape index (κ3) is 1.07. The van der Waals surface area contributed by atoms with E-state index in [-0.39, 0.29) is 0 Å². The van der Waals surface area contributed by atoms with Crippen LogP contribution in [0.5, 0.6) is 0 Å². The van der Waals surface area contributed by atoms with Crippen LogP contribution in [-0.2, 0) is 4.74 Å². The van der Waals surface area contributed by atoms with Gasteiger partial charge in [0.05, 0.1) is 0 Å². The molecule has 3 atom stereocenters. The Morgan fingerprint density at radius 1 is 1.10 bits per heavy atom. The molecule has 0 amide bonds. The zero-order chi connectivity index (χ0) is 7.94. The Bertz CT molecular complexity index is 132. The highest BCUT2D eigenvalue weighted by Crippen LogP contribution is 2.37. The van der Waals surface area contributed by atoms with E-state index >= 15 is 0 Å². The van der Waals surface area contributed by atoms with E-state index in [4.69, 9.17) is 0 Å². The van der Waals surface area contributed by atoms with Gasteiger partial charge >= 0.3 is 6.18 Å². The van der Waals surface area contributed by atoms with Gasteiger partial charge < -0.3 is 4.74 Å². The average molecular weight is 162 g/mol. The fourth-order valence-electron chi connectivity index (χ4n) is 0.596. The summed E-state index contributed by atoms with van der Waals surface area (Å²) in [5, 5.41) is 0. The van der Waals surface area contributed by atoms with Crippen LogP contribution in [0.3, 0.4) is 0 Å². The predicted octanol–water partition coefficient (Wildman–Crippen LogP) is 1.58. The van der Waals surface area contributed by atoms with Crippen molar-refractivity contribution in [3.8, 4) is 0 Å². The van der Waals surface area contributed by atoms with E-state index in [1.165, 1.54) is 0 Å². The van der Waals surface area contributed by atoms with Crippen molar-refractivity contribution in [2.24, 2.45) is 0 Å². The number of hydrogen-bond donors (Lipinski definition) is 0. The van der Waals surface area contributed by atoms with E-state index in [1.54, 1.807) is 0 Å². The first-order valence-corrected chi connectivity index (χ1v) is 2.43. The van der Waals surface area contributed by atoms with E-state index < -0.39 is 24.8 Å². The van der Waals surface area contributed by atoms with Gasteiger partial charge in [-0.1, -0.05) is 0 Å². The van der Waals surface area contributed by atoms with Crippen molar-refractivity contribution in [2.45, 2.75) is 24.8 Å². The van der Waals surface area contributed by atoms with Gasteiger partial charge in [0.15, 0.2) is 12.3 Å². The third-order valence-corrected chi connectivity index (χ3v) is 1.14. The van der Waals surface area contributed by atoms with Crippen molar-refractivity contribution in [1.82, 2.24) is 0 Å². The summed E-state index contributed by atoms with van der Waals surface area (Å²) >= 11 is 0. The van der Waals surface area contributed by atoms with Gasteiger partial charge in [0.1, 0.15) is 0 Å². The number of ether oxygens (including phenoxy) is 1. The Balaban J connectivity index is 2.48. The minimum absolute atomic E-state index is 2.41. The lowest BCUT2D eigenvalue weighted by molar-refractivity contribution is -0.346. The first-order chi connectivity index (χ1) is 4.43. The molecule has 6 heteroatoms. The fourth-order valence-corrected chi connectivity index (χ4v) is 0.596. The molecule has 0 unspecified atom stereocenters. The van der Waals surface area contributed by atoms with Crippen molar-refractivity contribution in [3.63, 3.8) is 0 Å². The van der Waals surface area contributed by atoms with Gasteiger partial charge in [0, 0.05) is 0 Å². The van der Waals surface area contributed by atoms with Gasteiger partial charge in [-0.2, -0.15) is 13.2 Å². The van der Waals surface area contributed by atoms with Gasteiger partial charge in [-0.3, -0.25) is 0 Å². The Labute approximate surface area is 52.8 Å². The second-order valence-electron chi connectivity index (χ2n) is 1.89. The molecule has 1 nitrogen and oxygen atoms in total. The van der Waals surface area contributed by atoms with E-state index in [0.29, 0.717) is 0 Å². The first-order valence-electron chi connectivity index (χ1n) is 2.43. The molecular weight excluding hydrogens is 159 g/mol. The smallest absolute Gasteiger partial charge is 0.329 e. The second kappa shape index (κ2) is 2.05. The van der Waals surface area contributed by atoms with E-state index in [1.807, 2.05) is 0 Å². The van der Waals surface area contributed by atoms with Crippen LogP contribution in [0.15, 0.2) is 0 Å². The minimum Gasteiger partial charge on any atom is -0.329 e. The molecule has 60 valence electrons. The molecule has 1 aliphatic heterocycles. The lowest BCUT2D eigenvalue weighted by Crippen LogP contribution is -2.56. The molecule has 1 fully saturated rings. The highest BCUT2D eigenvalue weighted by Gasteiger charge is 2.58. The van der Waals surface area contributed by atoms with Gasteiger partial charge in [-0.25, -0.2) is 8.78 Å². The number of hydrogen-bond acceptors (Lipinski definition) is 1. The first kappa shape index (κ1) is 7.71. The zero-order valence-corrected chi connectivity index (χ0v) is 4.53. The minimum atomic E-state index is -4.79. The van der Waals surface area contributed by atoms with Gasteiger partial charge in [0.2, 0.25) is 6.36 Å². The van der Waals surface area contributed by atoms with Gasteiger partial charge in [-0.05, 0) is 0 Å². The van der Waals surface area contributed by atoms with Crippen molar-refractivity contribution in [2.75, 3.05) is 0 Å². The van der Waals surface area contributed by atoms with Crippen LogP contribution in [0, 0.1) is 0 Å². The number of rotatable bonds is 0. The summed E-state index contributed by atoms with van der Waals surface area (Å²) in [5.41, 5.74) is 0. The molecule has 1 aliphatic rings. The number of halogens is 5. The van der Waals surface area contributed by atoms with Crippen LogP contribution in [0.25, 0.3) is 0 Å². The molecule has 0 N–H and O–H groups in total. The highest BCUT2D eigenvalue weighted by molar-refractivity contribution is 4.87. The molecule has 0 aliphatic carbocycles. The van der Waals surface area contributed by atoms with Crippen LogP contribution in [0.1, 0.15) is 0 Å². The summed E-state index contributed by atoms with van der Waals surface area (Å²) < 4.78 is 61.1.